The maximum atomic E-state index is 10.7. The fraction of sp³-hybridized carbons (Fsp3) is 0.545. The van der Waals surface area contributed by atoms with Gasteiger partial charge in [0.15, 0.2) is 6.29 Å². The standard InChI is InChI=1S/C11H15NOS/c1-8(2)12-4-3-10-9(6-13)7-14-11(10)5-12/h6-8H,3-5H2,1-2H3. The highest BCUT2D eigenvalue weighted by molar-refractivity contribution is 7.10. The number of thiophene rings is 1. The van der Waals surface area contributed by atoms with E-state index >= 15 is 0 Å². The number of fused-ring (bicyclic) bond motifs is 1. The van der Waals surface area contributed by atoms with Gasteiger partial charge in [-0.2, -0.15) is 0 Å². The molecule has 1 aromatic rings. The van der Waals surface area contributed by atoms with Crippen LogP contribution in [-0.2, 0) is 13.0 Å². The normalized spacial score (nSPS) is 17.1. The molecule has 2 nitrogen and oxygen atoms in total. The fourth-order valence-electron chi connectivity index (χ4n) is 1.91. The van der Waals surface area contributed by atoms with Gasteiger partial charge in [-0.3, -0.25) is 9.69 Å². The number of hydrogen-bond donors (Lipinski definition) is 0. The molecule has 0 radical (unpaired) electrons. The molecule has 0 N–H and O–H groups in total. The van der Waals surface area contributed by atoms with Crippen molar-refractivity contribution in [1.82, 2.24) is 4.90 Å². The third kappa shape index (κ3) is 1.62. The summed E-state index contributed by atoms with van der Waals surface area (Å²) < 4.78 is 0. The van der Waals surface area contributed by atoms with Gasteiger partial charge in [-0.1, -0.05) is 0 Å². The summed E-state index contributed by atoms with van der Waals surface area (Å²) >= 11 is 1.72. The Morgan fingerprint density at radius 3 is 3.00 bits per heavy atom. The Bertz CT molecular complexity index is 343. The van der Waals surface area contributed by atoms with Crippen molar-refractivity contribution < 1.29 is 4.79 Å². The molecule has 14 heavy (non-hydrogen) atoms. The number of nitrogens with zero attached hydrogens (tertiary/aromatic N) is 1. The van der Waals surface area contributed by atoms with E-state index < -0.39 is 0 Å². The van der Waals surface area contributed by atoms with Crippen molar-refractivity contribution >= 4 is 17.6 Å². The van der Waals surface area contributed by atoms with Gasteiger partial charge in [-0.15, -0.1) is 11.3 Å². The lowest BCUT2D eigenvalue weighted by molar-refractivity contribution is 0.112. The van der Waals surface area contributed by atoms with E-state index in [1.807, 2.05) is 5.38 Å². The van der Waals surface area contributed by atoms with Gasteiger partial charge in [-0.25, -0.2) is 0 Å². The highest BCUT2D eigenvalue weighted by Gasteiger charge is 2.21. The monoisotopic (exact) mass is 209 g/mol. The SMILES string of the molecule is CC(C)N1CCc2c(C=O)csc2C1. The topological polar surface area (TPSA) is 20.3 Å². The van der Waals surface area contributed by atoms with Gasteiger partial charge in [0.2, 0.25) is 0 Å². The zero-order valence-corrected chi connectivity index (χ0v) is 9.43. The average molecular weight is 209 g/mol. The van der Waals surface area contributed by atoms with Gasteiger partial charge in [-0.05, 0) is 25.8 Å². The molecular weight excluding hydrogens is 194 g/mol. The molecule has 3 heteroatoms. The molecule has 0 aliphatic carbocycles. The first-order chi connectivity index (χ1) is 6.72. The highest BCUT2D eigenvalue weighted by Crippen LogP contribution is 2.28. The number of aldehydes is 1. The van der Waals surface area contributed by atoms with Crippen molar-refractivity contribution in [2.45, 2.75) is 32.9 Å². The van der Waals surface area contributed by atoms with Crippen molar-refractivity contribution in [1.29, 1.82) is 0 Å². The minimum atomic E-state index is 0.602. The summed E-state index contributed by atoms with van der Waals surface area (Å²) in [5.74, 6) is 0. The van der Waals surface area contributed by atoms with E-state index in [9.17, 15) is 4.79 Å². The molecule has 1 aliphatic heterocycles. The van der Waals surface area contributed by atoms with Crippen LogP contribution in [0, 0.1) is 0 Å². The van der Waals surface area contributed by atoms with Gasteiger partial charge >= 0.3 is 0 Å². The maximum Gasteiger partial charge on any atom is 0.151 e. The first kappa shape index (κ1) is 9.87. The summed E-state index contributed by atoms with van der Waals surface area (Å²) in [5.41, 5.74) is 2.20. The second kappa shape index (κ2) is 3.83. The molecule has 0 unspecified atom stereocenters. The molecule has 1 aliphatic rings. The Morgan fingerprint density at radius 1 is 1.57 bits per heavy atom. The summed E-state index contributed by atoms with van der Waals surface area (Å²) in [7, 11) is 0. The van der Waals surface area contributed by atoms with E-state index in [-0.39, 0.29) is 0 Å². The molecule has 0 saturated carbocycles. The number of carbonyl (C=O) groups is 1. The fourth-order valence-corrected chi connectivity index (χ4v) is 2.98. The number of carbonyl (C=O) groups excluding carboxylic acids is 1. The van der Waals surface area contributed by atoms with Crippen molar-refractivity contribution in [3.05, 3.63) is 21.4 Å². The van der Waals surface area contributed by atoms with Crippen LogP contribution >= 0.6 is 11.3 Å². The minimum Gasteiger partial charge on any atom is -0.298 e. The predicted molar refractivity (Wildman–Crippen MR) is 59.0 cm³/mol. The number of hydrogen-bond acceptors (Lipinski definition) is 3. The van der Waals surface area contributed by atoms with Crippen LogP contribution in [0.4, 0.5) is 0 Å². The van der Waals surface area contributed by atoms with E-state index in [2.05, 4.69) is 18.7 Å². The Morgan fingerprint density at radius 2 is 2.36 bits per heavy atom. The Labute approximate surface area is 88.5 Å². The molecule has 0 saturated heterocycles. The molecule has 76 valence electrons. The average Bonchev–Trinajstić information content (AvgIpc) is 2.59. The summed E-state index contributed by atoms with van der Waals surface area (Å²) in [6.45, 7) is 6.55. The Hall–Kier alpha value is -0.670. The molecular formula is C11H15NOS. The van der Waals surface area contributed by atoms with Crippen LogP contribution in [-0.4, -0.2) is 23.8 Å². The smallest absolute Gasteiger partial charge is 0.151 e. The summed E-state index contributed by atoms with van der Waals surface area (Å²) in [5, 5.41) is 1.99. The third-order valence-corrected chi connectivity index (χ3v) is 3.90. The summed E-state index contributed by atoms with van der Waals surface area (Å²) in [6, 6.07) is 0.602. The van der Waals surface area contributed by atoms with Crippen LogP contribution in [0.25, 0.3) is 0 Å². The van der Waals surface area contributed by atoms with E-state index in [0.717, 1.165) is 31.4 Å². The quantitative estimate of drug-likeness (QED) is 0.697. The van der Waals surface area contributed by atoms with Crippen molar-refractivity contribution in [2.75, 3.05) is 6.54 Å². The van der Waals surface area contributed by atoms with E-state index in [0.29, 0.717) is 6.04 Å². The van der Waals surface area contributed by atoms with E-state index in [1.165, 1.54) is 10.4 Å². The molecule has 2 rings (SSSR count). The molecule has 0 fully saturated rings. The van der Waals surface area contributed by atoms with Gasteiger partial charge in [0.05, 0.1) is 0 Å². The molecule has 0 spiro atoms. The Kier molecular flexibility index (Phi) is 2.70. The first-order valence-electron chi connectivity index (χ1n) is 5.01. The van der Waals surface area contributed by atoms with E-state index in [4.69, 9.17) is 0 Å². The van der Waals surface area contributed by atoms with Crippen molar-refractivity contribution in [2.24, 2.45) is 0 Å². The van der Waals surface area contributed by atoms with Crippen molar-refractivity contribution in [3.8, 4) is 0 Å². The van der Waals surface area contributed by atoms with Crippen LogP contribution < -0.4 is 0 Å². The van der Waals surface area contributed by atoms with Crippen LogP contribution in [0.1, 0.15) is 34.6 Å². The molecule has 2 heterocycles. The minimum absolute atomic E-state index is 0.602. The second-order valence-electron chi connectivity index (χ2n) is 4.02. The van der Waals surface area contributed by atoms with E-state index in [1.54, 1.807) is 11.3 Å². The zero-order valence-electron chi connectivity index (χ0n) is 8.62. The van der Waals surface area contributed by atoms with Crippen LogP contribution in [0.3, 0.4) is 0 Å². The zero-order chi connectivity index (χ0) is 10.1. The highest BCUT2D eigenvalue weighted by atomic mass is 32.1. The van der Waals surface area contributed by atoms with Crippen LogP contribution in [0.15, 0.2) is 5.38 Å². The third-order valence-electron chi connectivity index (χ3n) is 2.87. The molecule has 0 aromatic carbocycles. The lowest BCUT2D eigenvalue weighted by Gasteiger charge is -2.30. The largest absolute Gasteiger partial charge is 0.298 e. The van der Waals surface area contributed by atoms with Gasteiger partial charge in [0.1, 0.15) is 0 Å². The molecule has 1 aromatic heterocycles. The lowest BCUT2D eigenvalue weighted by Crippen LogP contribution is -2.35. The van der Waals surface area contributed by atoms with Crippen molar-refractivity contribution in [3.63, 3.8) is 0 Å². The summed E-state index contributed by atoms with van der Waals surface area (Å²) in [4.78, 5) is 14.6. The maximum absolute atomic E-state index is 10.7. The lowest BCUT2D eigenvalue weighted by atomic mass is 10.0. The van der Waals surface area contributed by atoms with Crippen LogP contribution in [0.2, 0.25) is 0 Å². The van der Waals surface area contributed by atoms with Gasteiger partial charge in [0.25, 0.3) is 0 Å². The molecule has 0 atom stereocenters. The second-order valence-corrected chi connectivity index (χ2v) is 4.99. The van der Waals surface area contributed by atoms with Crippen LogP contribution in [0.5, 0.6) is 0 Å². The molecule has 0 amide bonds. The Balaban J connectivity index is 2.24. The van der Waals surface area contributed by atoms with Gasteiger partial charge in [0, 0.05) is 35.0 Å². The molecule has 0 bridgehead atoms. The number of rotatable bonds is 2. The van der Waals surface area contributed by atoms with Gasteiger partial charge < -0.3 is 0 Å². The summed E-state index contributed by atoms with van der Waals surface area (Å²) in [6.07, 6.45) is 2.02. The predicted octanol–water partition coefficient (Wildman–Crippen LogP) is 2.33. The first-order valence-corrected chi connectivity index (χ1v) is 5.88.